The summed E-state index contributed by atoms with van der Waals surface area (Å²) in [6, 6.07) is 1.64. The Kier molecular flexibility index (Phi) is 6.11. The van der Waals surface area contributed by atoms with Crippen LogP contribution in [0.15, 0.2) is 18.6 Å². The second-order valence-electron chi connectivity index (χ2n) is 4.70. The minimum Gasteiger partial charge on any atom is -0.384 e. The van der Waals surface area contributed by atoms with E-state index >= 15 is 0 Å². The predicted octanol–water partition coefficient (Wildman–Crippen LogP) is 1.71. The minimum atomic E-state index is 0.324. The van der Waals surface area contributed by atoms with Gasteiger partial charge < -0.3 is 10.6 Å². The Morgan fingerprint density at radius 1 is 1.33 bits per heavy atom. The number of hydrogen-bond acceptors (Lipinski definition) is 4. The van der Waals surface area contributed by atoms with E-state index in [1.165, 1.54) is 25.6 Å². The molecule has 1 heterocycles. The van der Waals surface area contributed by atoms with Gasteiger partial charge >= 0.3 is 0 Å². The van der Waals surface area contributed by atoms with Gasteiger partial charge in [0.05, 0.1) is 0 Å². The molecule has 0 aliphatic heterocycles. The van der Waals surface area contributed by atoms with E-state index < -0.39 is 0 Å². The molecule has 0 aromatic carbocycles. The standard InChI is InChI=1S/C9H17NO.C4H5N3/c1-10(2)9(11)8-6-4-3-5-7-8;5-4-1-2-6-3-7-4/h8H,3-7H2,1-2H3;1-3H,(H2,5,6,7). The molecule has 2 N–H and O–H groups in total. The largest absolute Gasteiger partial charge is 0.384 e. The molecule has 1 amide bonds. The van der Waals surface area contributed by atoms with Gasteiger partial charge in [0, 0.05) is 26.2 Å². The van der Waals surface area contributed by atoms with E-state index in [4.69, 9.17) is 5.73 Å². The Hall–Kier alpha value is -1.65. The van der Waals surface area contributed by atoms with E-state index in [1.807, 2.05) is 14.1 Å². The second-order valence-corrected chi connectivity index (χ2v) is 4.70. The third kappa shape index (κ3) is 5.12. The molecule has 1 aromatic heterocycles. The molecule has 0 unspecified atom stereocenters. The van der Waals surface area contributed by atoms with E-state index in [2.05, 4.69) is 9.97 Å². The molecule has 0 saturated heterocycles. The molecule has 0 radical (unpaired) electrons. The topological polar surface area (TPSA) is 72.1 Å². The maximum Gasteiger partial charge on any atom is 0.225 e. The molecule has 2 rings (SSSR count). The molecule has 18 heavy (non-hydrogen) atoms. The van der Waals surface area contributed by atoms with Gasteiger partial charge in [0.1, 0.15) is 12.1 Å². The van der Waals surface area contributed by atoms with Gasteiger partial charge in [-0.1, -0.05) is 19.3 Å². The fourth-order valence-electron chi connectivity index (χ4n) is 2.02. The summed E-state index contributed by atoms with van der Waals surface area (Å²) < 4.78 is 0. The zero-order valence-electron chi connectivity index (χ0n) is 11.2. The highest BCUT2D eigenvalue weighted by Crippen LogP contribution is 2.24. The number of amides is 1. The number of hydrogen-bond donors (Lipinski definition) is 1. The summed E-state index contributed by atoms with van der Waals surface area (Å²) in [5.74, 6) is 1.17. The lowest BCUT2D eigenvalue weighted by atomic mass is 9.88. The van der Waals surface area contributed by atoms with E-state index in [1.54, 1.807) is 17.2 Å². The van der Waals surface area contributed by atoms with Crippen LogP contribution >= 0.6 is 0 Å². The quantitative estimate of drug-likeness (QED) is 0.823. The fourth-order valence-corrected chi connectivity index (χ4v) is 2.02. The lowest BCUT2D eigenvalue weighted by Crippen LogP contribution is -2.30. The van der Waals surface area contributed by atoms with Crippen molar-refractivity contribution < 1.29 is 4.79 Å². The lowest BCUT2D eigenvalue weighted by molar-refractivity contribution is -0.133. The molecular formula is C13H22N4O. The van der Waals surface area contributed by atoms with Gasteiger partial charge in [-0.25, -0.2) is 9.97 Å². The Morgan fingerprint density at radius 2 is 2.00 bits per heavy atom. The number of nitrogen functional groups attached to an aromatic ring is 1. The van der Waals surface area contributed by atoms with Crippen molar-refractivity contribution in [1.82, 2.24) is 14.9 Å². The maximum atomic E-state index is 11.4. The van der Waals surface area contributed by atoms with Crippen molar-refractivity contribution in [1.29, 1.82) is 0 Å². The van der Waals surface area contributed by atoms with Gasteiger partial charge in [0.2, 0.25) is 5.91 Å². The van der Waals surface area contributed by atoms with Crippen molar-refractivity contribution in [3.05, 3.63) is 18.6 Å². The van der Waals surface area contributed by atoms with Gasteiger partial charge in [-0.05, 0) is 18.9 Å². The van der Waals surface area contributed by atoms with Crippen LogP contribution in [0.4, 0.5) is 5.82 Å². The van der Waals surface area contributed by atoms with Gasteiger partial charge in [0.25, 0.3) is 0 Å². The summed E-state index contributed by atoms with van der Waals surface area (Å²) in [4.78, 5) is 20.4. The highest BCUT2D eigenvalue weighted by molar-refractivity contribution is 5.78. The lowest BCUT2D eigenvalue weighted by Gasteiger charge is -2.23. The molecule has 1 aromatic rings. The molecule has 0 atom stereocenters. The molecule has 1 aliphatic carbocycles. The number of aromatic nitrogens is 2. The van der Waals surface area contributed by atoms with Crippen molar-refractivity contribution in [2.45, 2.75) is 32.1 Å². The van der Waals surface area contributed by atoms with Crippen molar-refractivity contribution in [2.24, 2.45) is 5.92 Å². The molecule has 0 bridgehead atoms. The third-order valence-electron chi connectivity index (χ3n) is 3.00. The Bertz CT molecular complexity index is 347. The van der Waals surface area contributed by atoms with Gasteiger partial charge in [0.15, 0.2) is 0 Å². The average Bonchev–Trinajstić information content (AvgIpc) is 2.40. The first-order chi connectivity index (χ1) is 8.61. The maximum absolute atomic E-state index is 11.4. The summed E-state index contributed by atoms with van der Waals surface area (Å²) in [5, 5.41) is 0. The number of nitrogens with two attached hydrogens (primary N) is 1. The van der Waals surface area contributed by atoms with E-state index in [0.29, 0.717) is 17.6 Å². The summed E-state index contributed by atoms with van der Waals surface area (Å²) in [7, 11) is 3.69. The number of carbonyl (C=O) groups is 1. The van der Waals surface area contributed by atoms with Crippen LogP contribution in [0.25, 0.3) is 0 Å². The first-order valence-electron chi connectivity index (χ1n) is 6.34. The molecule has 5 heteroatoms. The monoisotopic (exact) mass is 250 g/mol. The van der Waals surface area contributed by atoms with Crippen molar-refractivity contribution >= 4 is 11.7 Å². The summed E-state index contributed by atoms with van der Waals surface area (Å²) in [6.45, 7) is 0. The molecule has 1 saturated carbocycles. The molecule has 0 spiro atoms. The van der Waals surface area contributed by atoms with Crippen molar-refractivity contribution in [3.63, 3.8) is 0 Å². The number of rotatable bonds is 1. The smallest absolute Gasteiger partial charge is 0.225 e. The van der Waals surface area contributed by atoms with Crippen LogP contribution in [0.2, 0.25) is 0 Å². The highest BCUT2D eigenvalue weighted by atomic mass is 16.2. The normalized spacial score (nSPS) is 15.4. The van der Waals surface area contributed by atoms with Gasteiger partial charge in [-0.2, -0.15) is 0 Å². The SMILES string of the molecule is CN(C)C(=O)C1CCCCC1.Nc1ccncn1. The third-order valence-corrected chi connectivity index (χ3v) is 3.00. The van der Waals surface area contributed by atoms with Crippen LogP contribution in [0.1, 0.15) is 32.1 Å². The van der Waals surface area contributed by atoms with Crippen molar-refractivity contribution in [3.8, 4) is 0 Å². The Labute approximate surface area is 108 Å². The van der Waals surface area contributed by atoms with Crippen LogP contribution in [0.3, 0.4) is 0 Å². The molecule has 1 aliphatic rings. The van der Waals surface area contributed by atoms with Gasteiger partial charge in [-0.3, -0.25) is 4.79 Å². The molecule has 100 valence electrons. The highest BCUT2D eigenvalue weighted by Gasteiger charge is 2.21. The fraction of sp³-hybridized carbons (Fsp3) is 0.615. The Morgan fingerprint density at radius 3 is 2.39 bits per heavy atom. The predicted molar refractivity (Wildman–Crippen MR) is 71.7 cm³/mol. The molecule has 5 nitrogen and oxygen atoms in total. The molecular weight excluding hydrogens is 228 g/mol. The number of anilines is 1. The minimum absolute atomic E-state index is 0.324. The van der Waals surface area contributed by atoms with Crippen molar-refractivity contribution in [2.75, 3.05) is 19.8 Å². The zero-order chi connectivity index (χ0) is 13.4. The molecule has 1 fully saturated rings. The van der Waals surface area contributed by atoms with Crippen LogP contribution in [0, 0.1) is 5.92 Å². The van der Waals surface area contributed by atoms with E-state index in [9.17, 15) is 4.79 Å². The summed E-state index contributed by atoms with van der Waals surface area (Å²) >= 11 is 0. The Balaban J connectivity index is 0.000000199. The van der Waals surface area contributed by atoms with E-state index in [0.717, 1.165) is 12.8 Å². The van der Waals surface area contributed by atoms with Crippen LogP contribution in [0.5, 0.6) is 0 Å². The van der Waals surface area contributed by atoms with E-state index in [-0.39, 0.29) is 0 Å². The summed E-state index contributed by atoms with van der Waals surface area (Å²) in [5.41, 5.74) is 5.21. The first kappa shape index (κ1) is 14.4. The van der Waals surface area contributed by atoms with Crippen LogP contribution in [-0.4, -0.2) is 34.9 Å². The number of nitrogens with zero attached hydrogens (tertiary/aromatic N) is 3. The van der Waals surface area contributed by atoms with Gasteiger partial charge in [-0.15, -0.1) is 0 Å². The summed E-state index contributed by atoms with van der Waals surface area (Å²) in [6.07, 6.45) is 9.03. The zero-order valence-corrected chi connectivity index (χ0v) is 11.2. The second kappa shape index (κ2) is 7.63. The first-order valence-corrected chi connectivity index (χ1v) is 6.34. The van der Waals surface area contributed by atoms with Crippen LogP contribution < -0.4 is 5.73 Å². The number of carbonyl (C=O) groups excluding carboxylic acids is 1. The average molecular weight is 250 g/mol. The van der Waals surface area contributed by atoms with Crippen LogP contribution in [-0.2, 0) is 4.79 Å².